The minimum Gasteiger partial charge on any atom is -0.324 e. The SMILES string of the molecule is CC(NC1C(=O)Nc2ccc(Cl)cc21)c1ccccc1Br. The first-order chi connectivity index (χ1) is 10.1. The Labute approximate surface area is 136 Å². The average molecular weight is 366 g/mol. The normalized spacial score (nSPS) is 18.2. The summed E-state index contributed by atoms with van der Waals surface area (Å²) in [6.45, 7) is 2.04. The fourth-order valence-electron chi connectivity index (χ4n) is 2.56. The number of rotatable bonds is 3. The van der Waals surface area contributed by atoms with Crippen molar-refractivity contribution in [1.29, 1.82) is 0 Å². The number of halogens is 2. The number of hydrogen-bond acceptors (Lipinski definition) is 2. The molecule has 0 saturated carbocycles. The van der Waals surface area contributed by atoms with E-state index in [1.54, 1.807) is 6.07 Å². The van der Waals surface area contributed by atoms with Crippen LogP contribution in [0.15, 0.2) is 46.9 Å². The molecule has 2 unspecified atom stereocenters. The molecule has 0 radical (unpaired) electrons. The van der Waals surface area contributed by atoms with Crippen LogP contribution in [-0.4, -0.2) is 5.91 Å². The van der Waals surface area contributed by atoms with Crippen LogP contribution in [0.4, 0.5) is 5.69 Å². The standard InChI is InChI=1S/C16H14BrClN2O/c1-9(11-4-2-3-5-13(11)17)19-15-12-8-10(18)6-7-14(12)20-16(15)21/h2-9,15,19H,1H3,(H,20,21). The number of carbonyl (C=O) groups excluding carboxylic acids is 1. The number of hydrogen-bond donors (Lipinski definition) is 2. The van der Waals surface area contributed by atoms with Gasteiger partial charge in [0, 0.05) is 26.8 Å². The first-order valence-electron chi connectivity index (χ1n) is 6.67. The molecule has 1 aliphatic heterocycles. The molecule has 0 saturated heterocycles. The predicted molar refractivity (Wildman–Crippen MR) is 88.5 cm³/mol. The van der Waals surface area contributed by atoms with Crippen LogP contribution in [0.25, 0.3) is 0 Å². The summed E-state index contributed by atoms with van der Waals surface area (Å²) in [7, 11) is 0. The molecular weight excluding hydrogens is 352 g/mol. The van der Waals surface area contributed by atoms with E-state index in [9.17, 15) is 4.79 Å². The highest BCUT2D eigenvalue weighted by Crippen LogP contribution is 2.35. The fourth-order valence-corrected chi connectivity index (χ4v) is 3.37. The molecule has 2 N–H and O–H groups in total. The zero-order chi connectivity index (χ0) is 15.0. The summed E-state index contributed by atoms with van der Waals surface area (Å²) in [5, 5.41) is 6.87. The highest BCUT2D eigenvalue weighted by molar-refractivity contribution is 9.10. The molecule has 2 aromatic carbocycles. The van der Waals surface area contributed by atoms with Crippen molar-refractivity contribution in [2.75, 3.05) is 5.32 Å². The van der Waals surface area contributed by atoms with Gasteiger partial charge in [-0.25, -0.2) is 0 Å². The fraction of sp³-hybridized carbons (Fsp3) is 0.188. The molecule has 2 atom stereocenters. The zero-order valence-corrected chi connectivity index (χ0v) is 13.7. The van der Waals surface area contributed by atoms with Gasteiger partial charge in [-0.2, -0.15) is 0 Å². The van der Waals surface area contributed by atoms with Crippen molar-refractivity contribution < 1.29 is 4.79 Å². The lowest BCUT2D eigenvalue weighted by Gasteiger charge is -2.20. The Bertz CT molecular complexity index is 704. The van der Waals surface area contributed by atoms with Gasteiger partial charge in [-0.1, -0.05) is 45.7 Å². The quantitative estimate of drug-likeness (QED) is 0.844. The molecule has 1 heterocycles. The summed E-state index contributed by atoms with van der Waals surface area (Å²) in [5.41, 5.74) is 2.83. The summed E-state index contributed by atoms with van der Waals surface area (Å²) in [5.74, 6) is -0.0498. The monoisotopic (exact) mass is 364 g/mol. The average Bonchev–Trinajstić information content (AvgIpc) is 2.75. The van der Waals surface area contributed by atoms with E-state index < -0.39 is 0 Å². The van der Waals surface area contributed by atoms with Crippen LogP contribution < -0.4 is 10.6 Å². The smallest absolute Gasteiger partial charge is 0.246 e. The highest BCUT2D eigenvalue weighted by Gasteiger charge is 2.31. The number of benzene rings is 2. The summed E-state index contributed by atoms with van der Waals surface area (Å²) in [6.07, 6.45) is 0. The molecule has 108 valence electrons. The van der Waals surface area contributed by atoms with Gasteiger partial charge in [0.25, 0.3) is 0 Å². The van der Waals surface area contributed by atoms with E-state index in [0.29, 0.717) is 5.02 Å². The lowest BCUT2D eigenvalue weighted by molar-refractivity contribution is -0.117. The summed E-state index contributed by atoms with van der Waals surface area (Å²) in [4.78, 5) is 12.2. The van der Waals surface area contributed by atoms with Gasteiger partial charge in [0.15, 0.2) is 0 Å². The third kappa shape index (κ3) is 2.84. The molecule has 3 rings (SSSR count). The molecule has 0 aromatic heterocycles. The summed E-state index contributed by atoms with van der Waals surface area (Å²) in [6, 6.07) is 13.1. The molecule has 1 amide bonds. The Kier molecular flexibility index (Phi) is 4.02. The minimum atomic E-state index is -0.388. The van der Waals surface area contributed by atoms with E-state index in [0.717, 1.165) is 21.3 Å². The Balaban J connectivity index is 1.87. The van der Waals surface area contributed by atoms with Gasteiger partial charge in [0.1, 0.15) is 6.04 Å². The van der Waals surface area contributed by atoms with Crippen molar-refractivity contribution in [2.45, 2.75) is 19.0 Å². The molecule has 1 aliphatic rings. The van der Waals surface area contributed by atoms with Crippen LogP contribution >= 0.6 is 27.5 Å². The number of fused-ring (bicyclic) bond motifs is 1. The molecule has 0 bridgehead atoms. The first-order valence-corrected chi connectivity index (χ1v) is 7.84. The summed E-state index contributed by atoms with van der Waals surface area (Å²) >= 11 is 9.58. The molecule has 0 spiro atoms. The van der Waals surface area contributed by atoms with Crippen LogP contribution in [0.1, 0.15) is 30.1 Å². The largest absolute Gasteiger partial charge is 0.324 e. The van der Waals surface area contributed by atoms with Crippen molar-refractivity contribution in [3.63, 3.8) is 0 Å². The van der Waals surface area contributed by atoms with E-state index in [1.807, 2.05) is 43.3 Å². The predicted octanol–water partition coefficient (Wildman–Crippen LogP) is 4.45. The molecule has 5 heteroatoms. The van der Waals surface area contributed by atoms with Gasteiger partial charge in [0.2, 0.25) is 5.91 Å². The third-order valence-electron chi connectivity index (χ3n) is 3.63. The Morgan fingerprint density at radius 2 is 2.05 bits per heavy atom. The maximum absolute atomic E-state index is 12.2. The zero-order valence-electron chi connectivity index (χ0n) is 11.4. The van der Waals surface area contributed by atoms with E-state index in [2.05, 4.69) is 26.6 Å². The van der Waals surface area contributed by atoms with Crippen molar-refractivity contribution in [1.82, 2.24) is 5.32 Å². The van der Waals surface area contributed by atoms with Crippen LogP contribution in [0.5, 0.6) is 0 Å². The number of nitrogens with one attached hydrogen (secondary N) is 2. The lowest BCUT2D eigenvalue weighted by Crippen LogP contribution is -2.30. The summed E-state index contributed by atoms with van der Waals surface area (Å²) < 4.78 is 1.02. The number of anilines is 1. The van der Waals surface area contributed by atoms with Gasteiger partial charge in [-0.15, -0.1) is 0 Å². The maximum atomic E-state index is 12.2. The molecular formula is C16H14BrClN2O. The van der Waals surface area contributed by atoms with E-state index >= 15 is 0 Å². The van der Waals surface area contributed by atoms with Crippen molar-refractivity contribution in [3.05, 3.63) is 63.1 Å². The van der Waals surface area contributed by atoms with Crippen LogP contribution in [-0.2, 0) is 4.79 Å². The van der Waals surface area contributed by atoms with Gasteiger partial charge in [-0.3, -0.25) is 10.1 Å². The van der Waals surface area contributed by atoms with E-state index in [-0.39, 0.29) is 18.0 Å². The highest BCUT2D eigenvalue weighted by atomic mass is 79.9. The van der Waals surface area contributed by atoms with Gasteiger partial charge in [0.05, 0.1) is 0 Å². The molecule has 3 nitrogen and oxygen atoms in total. The van der Waals surface area contributed by atoms with Crippen molar-refractivity contribution >= 4 is 39.1 Å². The third-order valence-corrected chi connectivity index (χ3v) is 4.59. The molecule has 21 heavy (non-hydrogen) atoms. The Hall–Kier alpha value is -1.36. The van der Waals surface area contributed by atoms with Crippen LogP contribution in [0.2, 0.25) is 5.02 Å². The van der Waals surface area contributed by atoms with E-state index in [1.165, 1.54) is 0 Å². The van der Waals surface area contributed by atoms with Crippen molar-refractivity contribution in [3.8, 4) is 0 Å². The van der Waals surface area contributed by atoms with Gasteiger partial charge < -0.3 is 5.32 Å². The van der Waals surface area contributed by atoms with Crippen molar-refractivity contribution in [2.24, 2.45) is 0 Å². The molecule has 2 aromatic rings. The van der Waals surface area contributed by atoms with Gasteiger partial charge >= 0.3 is 0 Å². The van der Waals surface area contributed by atoms with Crippen LogP contribution in [0, 0.1) is 0 Å². The number of carbonyl (C=O) groups is 1. The molecule has 0 fully saturated rings. The maximum Gasteiger partial charge on any atom is 0.246 e. The van der Waals surface area contributed by atoms with Gasteiger partial charge in [-0.05, 0) is 36.8 Å². The van der Waals surface area contributed by atoms with Crippen LogP contribution in [0.3, 0.4) is 0 Å². The second-order valence-electron chi connectivity index (χ2n) is 5.06. The molecule has 0 aliphatic carbocycles. The first kappa shape index (κ1) is 14.6. The van der Waals surface area contributed by atoms with E-state index in [4.69, 9.17) is 11.6 Å². The number of amides is 1. The topological polar surface area (TPSA) is 41.1 Å². The Morgan fingerprint density at radius 1 is 1.29 bits per heavy atom. The minimum absolute atomic E-state index is 0.0289. The lowest BCUT2D eigenvalue weighted by atomic mass is 10.0. The second-order valence-corrected chi connectivity index (χ2v) is 6.35. The second kappa shape index (κ2) is 5.79. The Morgan fingerprint density at radius 3 is 2.81 bits per heavy atom.